The van der Waals surface area contributed by atoms with Crippen LogP contribution in [0.4, 0.5) is 0 Å². The molecule has 0 spiro atoms. The van der Waals surface area contributed by atoms with Crippen LogP contribution in [0.5, 0.6) is 5.75 Å². The van der Waals surface area contributed by atoms with Crippen LogP contribution in [-0.2, 0) is 9.53 Å². The molecular weight excluding hydrogens is 351 g/mol. The van der Waals surface area contributed by atoms with Crippen molar-refractivity contribution in [3.05, 3.63) is 33.8 Å². The van der Waals surface area contributed by atoms with Gasteiger partial charge in [-0.05, 0) is 24.6 Å². The minimum Gasteiger partial charge on any atom is -0.491 e. The minimum atomic E-state index is -0.673. The number of hydrogen-bond donors (Lipinski definition) is 1. The molecule has 2 atom stereocenters. The highest BCUT2D eigenvalue weighted by molar-refractivity contribution is 6.35. The zero-order valence-electron chi connectivity index (χ0n) is 13.6. The molecule has 0 saturated carbocycles. The molecule has 0 aromatic heterocycles. The van der Waals surface area contributed by atoms with E-state index in [0.29, 0.717) is 28.8 Å². The Labute approximate surface area is 152 Å². The molecule has 1 N–H and O–H groups in total. The zero-order valence-corrected chi connectivity index (χ0v) is 15.1. The molecule has 6 heteroatoms. The van der Waals surface area contributed by atoms with E-state index in [9.17, 15) is 9.90 Å². The van der Waals surface area contributed by atoms with Crippen molar-refractivity contribution in [1.29, 1.82) is 0 Å². The third-order valence-corrected chi connectivity index (χ3v) is 4.21. The maximum atomic E-state index is 11.4. The molecule has 1 aliphatic rings. The largest absolute Gasteiger partial charge is 0.491 e. The number of carbonyl (C=O) groups is 1. The number of hydrogen-bond acceptors (Lipinski definition) is 4. The average molecular weight is 373 g/mol. The summed E-state index contributed by atoms with van der Waals surface area (Å²) in [5.74, 6) is 0.166. The summed E-state index contributed by atoms with van der Waals surface area (Å²) in [5, 5.41) is 10.6. The molecule has 2 unspecified atom stereocenters. The first-order valence-corrected chi connectivity index (χ1v) is 8.92. The minimum absolute atomic E-state index is 0.0408. The molecule has 1 heterocycles. The fourth-order valence-corrected chi connectivity index (χ4v) is 3.08. The number of rotatable bonds is 7. The number of unbranched alkanes of at least 4 members (excludes halogenated alkanes) is 2. The molecule has 0 amide bonds. The Morgan fingerprint density at radius 1 is 1.38 bits per heavy atom. The summed E-state index contributed by atoms with van der Waals surface area (Å²) in [6.45, 7) is 2.70. The molecule has 4 nitrogen and oxygen atoms in total. The van der Waals surface area contributed by atoms with Crippen LogP contribution in [0.2, 0.25) is 10.0 Å². The Balaban J connectivity index is 2.12. The van der Waals surface area contributed by atoms with E-state index < -0.39 is 18.2 Å². The zero-order chi connectivity index (χ0) is 17.5. The number of esters is 1. The standard InChI is InChI=1S/C18H22Cl2O4/c1-2-3-4-7-23-18-12(8-13(19)9-16(18)20)5-6-15-10-14(21)11-17(22)24-15/h5-6,8-9,14-15,21H,2-4,7,10-11H2,1H3/b6-5+. The monoisotopic (exact) mass is 372 g/mol. The van der Waals surface area contributed by atoms with Gasteiger partial charge in [-0.15, -0.1) is 0 Å². The summed E-state index contributed by atoms with van der Waals surface area (Å²) in [4.78, 5) is 11.4. The van der Waals surface area contributed by atoms with E-state index in [0.717, 1.165) is 24.8 Å². The molecule has 1 saturated heterocycles. The number of halogens is 2. The van der Waals surface area contributed by atoms with Crippen LogP contribution in [0.3, 0.4) is 0 Å². The second-order valence-corrected chi connectivity index (χ2v) is 6.69. The molecule has 1 aliphatic heterocycles. The number of cyclic esters (lactones) is 1. The highest BCUT2D eigenvalue weighted by atomic mass is 35.5. The summed E-state index contributed by atoms with van der Waals surface area (Å²) >= 11 is 12.3. The van der Waals surface area contributed by atoms with Crippen molar-refractivity contribution < 1.29 is 19.4 Å². The van der Waals surface area contributed by atoms with Crippen molar-refractivity contribution in [1.82, 2.24) is 0 Å². The average Bonchev–Trinajstić information content (AvgIpc) is 2.50. The number of benzene rings is 1. The van der Waals surface area contributed by atoms with Gasteiger partial charge in [0.05, 0.1) is 24.2 Å². The second kappa shape index (κ2) is 9.30. The summed E-state index contributed by atoms with van der Waals surface area (Å²) in [6.07, 6.45) is 5.92. The van der Waals surface area contributed by atoms with Gasteiger partial charge in [0.2, 0.25) is 0 Å². The SMILES string of the molecule is CCCCCOc1c(Cl)cc(Cl)cc1/C=C/C1CC(O)CC(=O)O1. The Bertz CT molecular complexity index is 601. The molecule has 0 aliphatic carbocycles. The van der Waals surface area contributed by atoms with E-state index in [1.165, 1.54) is 0 Å². The van der Waals surface area contributed by atoms with E-state index in [2.05, 4.69) is 6.92 Å². The molecule has 1 fully saturated rings. The lowest BCUT2D eigenvalue weighted by Gasteiger charge is -2.23. The van der Waals surface area contributed by atoms with Crippen molar-refractivity contribution in [3.8, 4) is 5.75 Å². The summed E-state index contributed by atoms with van der Waals surface area (Å²) in [5.41, 5.74) is 0.722. The highest BCUT2D eigenvalue weighted by Crippen LogP contribution is 2.34. The molecular formula is C18H22Cl2O4. The third kappa shape index (κ3) is 5.69. The molecule has 24 heavy (non-hydrogen) atoms. The topological polar surface area (TPSA) is 55.8 Å². The van der Waals surface area contributed by atoms with Crippen LogP contribution in [0.15, 0.2) is 18.2 Å². The molecule has 1 aromatic carbocycles. The smallest absolute Gasteiger partial charge is 0.309 e. The quantitative estimate of drug-likeness (QED) is 0.559. The highest BCUT2D eigenvalue weighted by Gasteiger charge is 2.25. The van der Waals surface area contributed by atoms with Crippen molar-refractivity contribution in [2.45, 2.75) is 51.2 Å². The van der Waals surface area contributed by atoms with Crippen LogP contribution in [0.25, 0.3) is 6.08 Å². The Morgan fingerprint density at radius 2 is 2.17 bits per heavy atom. The normalized spacial score (nSPS) is 21.1. The summed E-state index contributed by atoms with van der Waals surface area (Å²) < 4.78 is 11.0. The van der Waals surface area contributed by atoms with Gasteiger partial charge in [-0.1, -0.05) is 49.0 Å². The van der Waals surface area contributed by atoms with Gasteiger partial charge in [0.25, 0.3) is 0 Å². The van der Waals surface area contributed by atoms with Gasteiger partial charge in [0.1, 0.15) is 11.9 Å². The number of ether oxygens (including phenoxy) is 2. The van der Waals surface area contributed by atoms with Gasteiger partial charge in [-0.25, -0.2) is 0 Å². The first-order valence-electron chi connectivity index (χ1n) is 8.17. The fourth-order valence-electron chi connectivity index (χ4n) is 2.52. The van der Waals surface area contributed by atoms with Gasteiger partial charge < -0.3 is 14.6 Å². The number of aliphatic hydroxyl groups excluding tert-OH is 1. The van der Waals surface area contributed by atoms with Gasteiger partial charge >= 0.3 is 5.97 Å². The summed E-state index contributed by atoms with van der Waals surface area (Å²) in [6, 6.07) is 3.39. The van der Waals surface area contributed by atoms with E-state index in [1.807, 2.05) is 0 Å². The van der Waals surface area contributed by atoms with Gasteiger partial charge in [0, 0.05) is 17.0 Å². The number of carbonyl (C=O) groups excluding carboxylic acids is 1. The number of aliphatic hydroxyl groups is 1. The molecule has 132 valence electrons. The first kappa shape index (κ1) is 19.1. The van der Waals surface area contributed by atoms with Crippen LogP contribution < -0.4 is 4.74 Å². The fraction of sp³-hybridized carbons (Fsp3) is 0.500. The van der Waals surface area contributed by atoms with Crippen molar-refractivity contribution >= 4 is 35.2 Å². The van der Waals surface area contributed by atoms with Crippen LogP contribution in [-0.4, -0.2) is 29.9 Å². The molecule has 1 aromatic rings. The maximum Gasteiger partial charge on any atom is 0.309 e. The summed E-state index contributed by atoms with van der Waals surface area (Å²) in [7, 11) is 0. The Morgan fingerprint density at radius 3 is 2.88 bits per heavy atom. The maximum absolute atomic E-state index is 11.4. The molecule has 2 rings (SSSR count). The lowest BCUT2D eigenvalue weighted by Crippen LogP contribution is -2.31. The third-order valence-electron chi connectivity index (χ3n) is 3.71. The lowest BCUT2D eigenvalue weighted by atomic mass is 10.0. The van der Waals surface area contributed by atoms with E-state index in [1.54, 1.807) is 24.3 Å². The first-order chi connectivity index (χ1) is 11.5. The van der Waals surface area contributed by atoms with E-state index in [-0.39, 0.29) is 6.42 Å². The van der Waals surface area contributed by atoms with Crippen molar-refractivity contribution in [2.75, 3.05) is 6.61 Å². The predicted octanol–water partition coefficient (Wildman–Crippen LogP) is 4.64. The van der Waals surface area contributed by atoms with Crippen LogP contribution in [0, 0.1) is 0 Å². The molecule has 0 radical (unpaired) electrons. The van der Waals surface area contributed by atoms with E-state index >= 15 is 0 Å². The Hall–Kier alpha value is -1.23. The Kier molecular flexibility index (Phi) is 7.40. The van der Waals surface area contributed by atoms with Crippen LogP contribution >= 0.6 is 23.2 Å². The van der Waals surface area contributed by atoms with Gasteiger partial charge in [0.15, 0.2) is 0 Å². The molecule has 0 bridgehead atoms. The van der Waals surface area contributed by atoms with Gasteiger partial charge in [-0.3, -0.25) is 4.79 Å². The lowest BCUT2D eigenvalue weighted by molar-refractivity contribution is -0.156. The van der Waals surface area contributed by atoms with Crippen molar-refractivity contribution in [2.24, 2.45) is 0 Å². The predicted molar refractivity (Wildman–Crippen MR) is 95.6 cm³/mol. The second-order valence-electron chi connectivity index (χ2n) is 5.84. The van der Waals surface area contributed by atoms with Crippen LogP contribution in [0.1, 0.15) is 44.6 Å². The van der Waals surface area contributed by atoms with Crippen molar-refractivity contribution in [3.63, 3.8) is 0 Å². The van der Waals surface area contributed by atoms with E-state index in [4.69, 9.17) is 32.7 Å². The van der Waals surface area contributed by atoms with Gasteiger partial charge in [-0.2, -0.15) is 0 Å².